The molecule has 1 aromatic heterocycles. The van der Waals surface area contributed by atoms with Crippen molar-refractivity contribution >= 4 is 17.9 Å². The third kappa shape index (κ3) is 4.07. The first-order chi connectivity index (χ1) is 13.5. The molecule has 0 atom stereocenters. The van der Waals surface area contributed by atoms with E-state index in [1.165, 1.54) is 0 Å². The summed E-state index contributed by atoms with van der Waals surface area (Å²) in [6.07, 6.45) is 1.66. The van der Waals surface area contributed by atoms with Crippen LogP contribution in [0.5, 0.6) is 0 Å². The summed E-state index contributed by atoms with van der Waals surface area (Å²) in [7, 11) is 3.97. The van der Waals surface area contributed by atoms with E-state index in [1.807, 2.05) is 62.3 Å². The molecule has 140 valence electrons. The SMILES string of the molecule is Cc1cc(N(C)C)ccc1C=NNc1nc(-c2ccccc2)c(C#N)c(=O)[nH]1. The van der Waals surface area contributed by atoms with E-state index in [2.05, 4.69) is 26.6 Å². The Balaban J connectivity index is 1.88. The monoisotopic (exact) mass is 372 g/mol. The molecule has 7 heteroatoms. The zero-order valence-corrected chi connectivity index (χ0v) is 15.9. The van der Waals surface area contributed by atoms with Gasteiger partial charge in [0.2, 0.25) is 5.95 Å². The number of hydrogen-bond donors (Lipinski definition) is 2. The molecule has 3 aromatic rings. The summed E-state index contributed by atoms with van der Waals surface area (Å²) < 4.78 is 0. The molecule has 0 amide bonds. The van der Waals surface area contributed by atoms with Gasteiger partial charge in [-0.1, -0.05) is 36.4 Å². The molecule has 0 aliphatic heterocycles. The predicted octanol–water partition coefficient (Wildman–Crippen LogP) is 3.13. The summed E-state index contributed by atoms with van der Waals surface area (Å²) in [5, 5.41) is 13.5. The average Bonchev–Trinajstić information content (AvgIpc) is 2.69. The largest absolute Gasteiger partial charge is 0.378 e. The molecule has 0 unspecified atom stereocenters. The van der Waals surface area contributed by atoms with Gasteiger partial charge in [0.05, 0.1) is 11.9 Å². The second kappa shape index (κ2) is 8.18. The van der Waals surface area contributed by atoms with Gasteiger partial charge in [-0.25, -0.2) is 10.4 Å². The highest BCUT2D eigenvalue weighted by Crippen LogP contribution is 2.19. The van der Waals surface area contributed by atoms with Crippen LogP contribution in [-0.2, 0) is 0 Å². The van der Waals surface area contributed by atoms with Crippen LogP contribution in [0.25, 0.3) is 11.3 Å². The molecule has 0 aliphatic rings. The maximum atomic E-state index is 12.2. The van der Waals surface area contributed by atoms with Crippen molar-refractivity contribution in [2.24, 2.45) is 5.10 Å². The van der Waals surface area contributed by atoms with Gasteiger partial charge in [0.1, 0.15) is 11.6 Å². The lowest BCUT2D eigenvalue weighted by Crippen LogP contribution is -2.16. The quantitative estimate of drug-likeness (QED) is 0.530. The third-order valence-electron chi connectivity index (χ3n) is 4.22. The number of rotatable bonds is 5. The zero-order valence-electron chi connectivity index (χ0n) is 15.9. The second-order valence-electron chi connectivity index (χ2n) is 6.42. The van der Waals surface area contributed by atoms with Gasteiger partial charge >= 0.3 is 0 Å². The Morgan fingerprint density at radius 1 is 1.21 bits per heavy atom. The first-order valence-corrected chi connectivity index (χ1v) is 8.66. The first kappa shape index (κ1) is 18.9. The van der Waals surface area contributed by atoms with E-state index >= 15 is 0 Å². The number of nitriles is 1. The van der Waals surface area contributed by atoms with Crippen molar-refractivity contribution in [3.63, 3.8) is 0 Å². The summed E-state index contributed by atoms with van der Waals surface area (Å²) in [6.45, 7) is 2.00. The summed E-state index contributed by atoms with van der Waals surface area (Å²) in [4.78, 5) is 21.2. The smallest absolute Gasteiger partial charge is 0.270 e. The number of H-pyrrole nitrogens is 1. The lowest BCUT2D eigenvalue weighted by Gasteiger charge is -2.13. The van der Waals surface area contributed by atoms with E-state index in [1.54, 1.807) is 18.3 Å². The molecule has 0 spiro atoms. The van der Waals surface area contributed by atoms with Gasteiger partial charge in [-0.15, -0.1) is 0 Å². The molecule has 0 aliphatic carbocycles. The van der Waals surface area contributed by atoms with Gasteiger partial charge in [0.15, 0.2) is 0 Å². The molecule has 0 bridgehead atoms. The molecule has 7 nitrogen and oxygen atoms in total. The third-order valence-corrected chi connectivity index (χ3v) is 4.22. The first-order valence-electron chi connectivity index (χ1n) is 8.66. The van der Waals surface area contributed by atoms with Gasteiger partial charge in [0.25, 0.3) is 5.56 Å². The van der Waals surface area contributed by atoms with Crippen LogP contribution in [0, 0.1) is 18.3 Å². The van der Waals surface area contributed by atoms with Crippen molar-refractivity contribution in [3.05, 3.63) is 75.6 Å². The van der Waals surface area contributed by atoms with Crippen molar-refractivity contribution in [1.82, 2.24) is 9.97 Å². The molecule has 0 radical (unpaired) electrons. The van der Waals surface area contributed by atoms with Crippen LogP contribution in [0.2, 0.25) is 0 Å². The fraction of sp³-hybridized carbons (Fsp3) is 0.143. The molecule has 3 rings (SSSR count). The van der Waals surface area contributed by atoms with Crippen molar-refractivity contribution in [1.29, 1.82) is 5.26 Å². The summed E-state index contributed by atoms with van der Waals surface area (Å²) in [5.41, 5.74) is 6.32. The molecule has 0 saturated carbocycles. The van der Waals surface area contributed by atoms with Crippen LogP contribution in [0.3, 0.4) is 0 Å². The van der Waals surface area contributed by atoms with E-state index in [0.717, 1.165) is 16.8 Å². The number of nitrogens with zero attached hydrogens (tertiary/aromatic N) is 4. The van der Waals surface area contributed by atoms with E-state index < -0.39 is 5.56 Å². The summed E-state index contributed by atoms with van der Waals surface area (Å²) in [6, 6.07) is 17.1. The molecule has 1 heterocycles. The lowest BCUT2D eigenvalue weighted by molar-refractivity contribution is 1.08. The van der Waals surface area contributed by atoms with E-state index in [9.17, 15) is 10.1 Å². The van der Waals surface area contributed by atoms with Gasteiger partial charge in [0, 0.05) is 25.3 Å². The lowest BCUT2D eigenvalue weighted by atomic mass is 10.1. The maximum Gasteiger partial charge on any atom is 0.270 e. The second-order valence-corrected chi connectivity index (χ2v) is 6.42. The Morgan fingerprint density at radius 3 is 2.61 bits per heavy atom. The molecule has 0 fully saturated rings. The van der Waals surface area contributed by atoms with Crippen LogP contribution in [0.1, 0.15) is 16.7 Å². The average molecular weight is 372 g/mol. The van der Waals surface area contributed by atoms with Crippen molar-refractivity contribution in [2.75, 3.05) is 24.4 Å². The van der Waals surface area contributed by atoms with Crippen LogP contribution < -0.4 is 15.9 Å². The number of anilines is 2. The van der Waals surface area contributed by atoms with Crippen molar-refractivity contribution < 1.29 is 0 Å². The van der Waals surface area contributed by atoms with Crippen LogP contribution in [-0.4, -0.2) is 30.3 Å². The van der Waals surface area contributed by atoms with Crippen LogP contribution in [0.15, 0.2) is 58.4 Å². The number of nitrogens with one attached hydrogen (secondary N) is 2. The minimum atomic E-state index is -0.513. The minimum Gasteiger partial charge on any atom is -0.378 e. The maximum absolute atomic E-state index is 12.2. The Bertz CT molecular complexity index is 1110. The predicted molar refractivity (Wildman–Crippen MR) is 112 cm³/mol. The zero-order chi connectivity index (χ0) is 20.1. The highest BCUT2D eigenvalue weighted by molar-refractivity contribution is 5.83. The molecule has 2 N–H and O–H groups in total. The summed E-state index contributed by atoms with van der Waals surface area (Å²) >= 11 is 0. The number of benzene rings is 2. The topological polar surface area (TPSA) is 97.2 Å². The molecule has 28 heavy (non-hydrogen) atoms. The normalized spacial score (nSPS) is 10.6. The molecular formula is C21H20N6O. The highest BCUT2D eigenvalue weighted by Gasteiger charge is 2.12. The van der Waals surface area contributed by atoms with Crippen LogP contribution in [0.4, 0.5) is 11.6 Å². The standard InChI is InChI=1S/C21H20N6O/c1-14-11-17(27(2)3)10-9-16(14)13-23-26-21-24-19(15-7-5-4-6-8-15)18(12-22)20(28)25-21/h4-11,13H,1-3H3,(H2,24,25,26,28). The molecule has 2 aromatic carbocycles. The van der Waals surface area contributed by atoms with Gasteiger partial charge in [-0.05, 0) is 30.2 Å². The number of hydrogen-bond acceptors (Lipinski definition) is 6. The van der Waals surface area contributed by atoms with Crippen LogP contribution >= 0.6 is 0 Å². The number of aromatic amines is 1. The fourth-order valence-electron chi connectivity index (χ4n) is 2.68. The highest BCUT2D eigenvalue weighted by atomic mass is 16.1. The fourth-order valence-corrected chi connectivity index (χ4v) is 2.68. The van der Waals surface area contributed by atoms with Gasteiger partial charge < -0.3 is 4.90 Å². The Labute approximate surface area is 163 Å². The number of aromatic nitrogens is 2. The van der Waals surface area contributed by atoms with Crippen molar-refractivity contribution in [2.45, 2.75) is 6.92 Å². The van der Waals surface area contributed by atoms with E-state index in [-0.39, 0.29) is 11.5 Å². The van der Waals surface area contributed by atoms with E-state index in [4.69, 9.17) is 0 Å². The number of aryl methyl sites for hydroxylation is 1. The van der Waals surface area contributed by atoms with E-state index in [0.29, 0.717) is 11.3 Å². The Hall–Kier alpha value is -3.92. The minimum absolute atomic E-state index is 0.0316. The summed E-state index contributed by atoms with van der Waals surface area (Å²) in [5.74, 6) is 0.168. The molecular weight excluding hydrogens is 352 g/mol. The van der Waals surface area contributed by atoms with Gasteiger partial charge in [-0.2, -0.15) is 10.4 Å². The van der Waals surface area contributed by atoms with Gasteiger partial charge in [-0.3, -0.25) is 9.78 Å². The van der Waals surface area contributed by atoms with Crippen molar-refractivity contribution in [3.8, 4) is 17.3 Å². The Morgan fingerprint density at radius 2 is 1.96 bits per heavy atom. The molecule has 0 saturated heterocycles. The number of hydrazone groups is 1. The Kier molecular flexibility index (Phi) is 5.51.